The van der Waals surface area contributed by atoms with Gasteiger partial charge in [0.25, 0.3) is 0 Å². The summed E-state index contributed by atoms with van der Waals surface area (Å²) in [4.78, 5) is 12.9. The lowest BCUT2D eigenvalue weighted by Gasteiger charge is -2.17. The van der Waals surface area contributed by atoms with Gasteiger partial charge >= 0.3 is 0 Å². The van der Waals surface area contributed by atoms with Crippen molar-refractivity contribution in [3.8, 4) is 6.07 Å². The lowest BCUT2D eigenvalue weighted by atomic mass is 9.89. The monoisotopic (exact) mass is 262 g/mol. The predicted molar refractivity (Wildman–Crippen MR) is 73.8 cm³/mol. The van der Waals surface area contributed by atoms with Crippen LogP contribution in [-0.4, -0.2) is 5.91 Å². The fourth-order valence-corrected chi connectivity index (χ4v) is 3.75. The number of carbonyl (C=O) groups is 1. The van der Waals surface area contributed by atoms with Crippen molar-refractivity contribution in [2.45, 2.75) is 46.0 Å². The number of nitriles is 1. The molecule has 0 aromatic carbocycles. The number of nitrogens with zero attached hydrogens (tertiary/aromatic N) is 1. The molecule has 0 fully saturated rings. The van der Waals surface area contributed by atoms with Crippen LogP contribution in [0.5, 0.6) is 0 Å². The molecule has 4 heteroatoms. The van der Waals surface area contributed by atoms with Crippen molar-refractivity contribution >= 4 is 22.2 Å². The van der Waals surface area contributed by atoms with E-state index < -0.39 is 0 Å². The lowest BCUT2D eigenvalue weighted by Crippen LogP contribution is -2.11. The smallest absolute Gasteiger partial charge is 0.224 e. The number of anilines is 1. The van der Waals surface area contributed by atoms with Crippen LogP contribution in [0, 0.1) is 17.2 Å². The van der Waals surface area contributed by atoms with E-state index in [1.807, 2.05) is 6.92 Å². The highest BCUT2D eigenvalue weighted by molar-refractivity contribution is 7.16. The number of rotatable bonds is 3. The van der Waals surface area contributed by atoms with Crippen LogP contribution < -0.4 is 5.32 Å². The van der Waals surface area contributed by atoms with E-state index in [1.54, 1.807) is 11.3 Å². The Hall–Kier alpha value is -1.34. The van der Waals surface area contributed by atoms with Gasteiger partial charge in [0.2, 0.25) is 5.91 Å². The Morgan fingerprint density at radius 3 is 3.06 bits per heavy atom. The van der Waals surface area contributed by atoms with Gasteiger partial charge in [-0.15, -0.1) is 11.3 Å². The van der Waals surface area contributed by atoms with E-state index in [-0.39, 0.29) is 5.91 Å². The molecule has 1 aliphatic carbocycles. The number of fused-ring (bicyclic) bond motifs is 1. The molecule has 0 saturated heterocycles. The first-order valence-electron chi connectivity index (χ1n) is 6.50. The maximum absolute atomic E-state index is 11.6. The van der Waals surface area contributed by atoms with E-state index in [0.717, 1.165) is 30.7 Å². The van der Waals surface area contributed by atoms with E-state index in [0.29, 0.717) is 17.9 Å². The molecule has 2 rings (SSSR count). The van der Waals surface area contributed by atoms with Crippen LogP contribution in [0.25, 0.3) is 0 Å². The molecule has 1 aliphatic rings. The van der Waals surface area contributed by atoms with Crippen LogP contribution in [-0.2, 0) is 17.6 Å². The van der Waals surface area contributed by atoms with E-state index >= 15 is 0 Å². The second-order valence-electron chi connectivity index (χ2n) is 4.97. The van der Waals surface area contributed by atoms with Crippen molar-refractivity contribution in [2.75, 3.05) is 5.32 Å². The second-order valence-corrected chi connectivity index (χ2v) is 6.07. The number of thiophene rings is 1. The average molecular weight is 262 g/mol. The molecule has 1 amide bonds. The molecular formula is C14H18N2OS. The Bertz CT molecular complexity index is 499. The Kier molecular flexibility index (Phi) is 4.03. The molecule has 0 radical (unpaired) electrons. The van der Waals surface area contributed by atoms with Crippen molar-refractivity contribution in [1.82, 2.24) is 0 Å². The number of amides is 1. The summed E-state index contributed by atoms with van der Waals surface area (Å²) in [5.41, 5.74) is 1.87. The van der Waals surface area contributed by atoms with Gasteiger partial charge in [-0.25, -0.2) is 0 Å². The largest absolute Gasteiger partial charge is 0.317 e. The Morgan fingerprint density at radius 1 is 1.61 bits per heavy atom. The molecule has 1 aromatic heterocycles. The molecule has 3 nitrogen and oxygen atoms in total. The number of hydrogen-bond acceptors (Lipinski definition) is 3. The highest BCUT2D eigenvalue weighted by Gasteiger charge is 2.24. The summed E-state index contributed by atoms with van der Waals surface area (Å²) in [6, 6.07) is 2.26. The van der Waals surface area contributed by atoms with Crippen molar-refractivity contribution in [3.05, 3.63) is 16.0 Å². The molecule has 0 saturated carbocycles. The van der Waals surface area contributed by atoms with Crippen LogP contribution in [0.3, 0.4) is 0 Å². The minimum atomic E-state index is 0.0145. The van der Waals surface area contributed by atoms with Gasteiger partial charge in [0.05, 0.1) is 5.56 Å². The first-order valence-corrected chi connectivity index (χ1v) is 7.31. The Balaban J connectivity index is 2.26. The van der Waals surface area contributed by atoms with Crippen molar-refractivity contribution in [1.29, 1.82) is 5.26 Å². The summed E-state index contributed by atoms with van der Waals surface area (Å²) in [6.07, 6.45) is 4.50. The van der Waals surface area contributed by atoms with Gasteiger partial charge in [-0.05, 0) is 37.2 Å². The first-order chi connectivity index (χ1) is 8.65. The maximum atomic E-state index is 11.6. The molecule has 1 heterocycles. The van der Waals surface area contributed by atoms with Gasteiger partial charge in [0, 0.05) is 11.3 Å². The topological polar surface area (TPSA) is 52.9 Å². The van der Waals surface area contributed by atoms with Gasteiger partial charge in [-0.3, -0.25) is 4.79 Å². The van der Waals surface area contributed by atoms with Crippen molar-refractivity contribution in [2.24, 2.45) is 5.92 Å². The standard InChI is InChI=1S/C14H18N2OS/c1-3-4-13(17)16-14-11(8-15)10-6-5-9(2)7-12(10)18-14/h9H,3-7H2,1-2H3,(H,16,17)/t9-/m1/s1. The van der Waals surface area contributed by atoms with Crippen LogP contribution in [0.2, 0.25) is 0 Å². The van der Waals surface area contributed by atoms with Gasteiger partial charge in [0.15, 0.2) is 0 Å². The quantitative estimate of drug-likeness (QED) is 0.906. The fraction of sp³-hybridized carbons (Fsp3) is 0.571. The molecular weight excluding hydrogens is 244 g/mol. The molecule has 18 heavy (non-hydrogen) atoms. The molecule has 1 aromatic rings. The third-order valence-corrected chi connectivity index (χ3v) is 4.52. The summed E-state index contributed by atoms with van der Waals surface area (Å²) in [5.74, 6) is 0.697. The molecule has 1 N–H and O–H groups in total. The van der Waals surface area contributed by atoms with Crippen molar-refractivity contribution in [3.63, 3.8) is 0 Å². The summed E-state index contributed by atoms with van der Waals surface area (Å²) in [6.45, 7) is 4.22. The molecule has 1 atom stereocenters. The number of nitrogens with one attached hydrogen (secondary N) is 1. The Labute approximate surface area is 112 Å². The summed E-state index contributed by atoms with van der Waals surface area (Å²) < 4.78 is 0. The highest BCUT2D eigenvalue weighted by Crippen LogP contribution is 2.39. The van der Waals surface area contributed by atoms with E-state index in [1.165, 1.54) is 10.4 Å². The van der Waals surface area contributed by atoms with Gasteiger partial charge < -0.3 is 5.32 Å². The maximum Gasteiger partial charge on any atom is 0.224 e. The minimum Gasteiger partial charge on any atom is -0.317 e. The van der Waals surface area contributed by atoms with E-state index in [4.69, 9.17) is 0 Å². The summed E-state index contributed by atoms with van der Waals surface area (Å²) in [5, 5.41) is 12.9. The third kappa shape index (κ3) is 2.56. The van der Waals surface area contributed by atoms with Crippen LogP contribution in [0.15, 0.2) is 0 Å². The predicted octanol–water partition coefficient (Wildman–Crippen LogP) is 3.48. The van der Waals surface area contributed by atoms with Crippen LogP contribution in [0.4, 0.5) is 5.00 Å². The van der Waals surface area contributed by atoms with Gasteiger partial charge in [-0.1, -0.05) is 13.8 Å². The van der Waals surface area contributed by atoms with E-state index in [2.05, 4.69) is 18.3 Å². The lowest BCUT2D eigenvalue weighted by molar-refractivity contribution is -0.116. The molecule has 96 valence electrons. The molecule has 0 aliphatic heterocycles. The zero-order valence-corrected chi connectivity index (χ0v) is 11.7. The van der Waals surface area contributed by atoms with Crippen molar-refractivity contribution < 1.29 is 4.79 Å². The molecule has 0 unspecified atom stereocenters. The normalized spacial score (nSPS) is 17.9. The SMILES string of the molecule is CCCC(=O)Nc1sc2c(c1C#N)CC[C@@H](C)C2. The second kappa shape index (κ2) is 5.53. The average Bonchev–Trinajstić information content (AvgIpc) is 2.65. The fourth-order valence-electron chi connectivity index (χ4n) is 2.37. The van der Waals surface area contributed by atoms with E-state index in [9.17, 15) is 10.1 Å². The molecule has 0 bridgehead atoms. The first kappa shape index (κ1) is 13.1. The zero-order chi connectivity index (χ0) is 13.1. The van der Waals surface area contributed by atoms with Gasteiger partial charge in [-0.2, -0.15) is 5.26 Å². The summed E-state index contributed by atoms with van der Waals surface area (Å²) >= 11 is 1.59. The highest BCUT2D eigenvalue weighted by atomic mass is 32.1. The Morgan fingerprint density at radius 2 is 2.39 bits per heavy atom. The van der Waals surface area contributed by atoms with Crippen LogP contribution in [0.1, 0.15) is 49.1 Å². The number of hydrogen-bond donors (Lipinski definition) is 1. The number of carbonyl (C=O) groups excluding carboxylic acids is 1. The summed E-state index contributed by atoms with van der Waals surface area (Å²) in [7, 11) is 0. The molecule has 0 spiro atoms. The van der Waals surface area contributed by atoms with Crippen LogP contribution >= 0.6 is 11.3 Å². The van der Waals surface area contributed by atoms with Gasteiger partial charge in [0.1, 0.15) is 11.1 Å². The third-order valence-electron chi connectivity index (χ3n) is 3.35. The minimum absolute atomic E-state index is 0.0145. The zero-order valence-electron chi connectivity index (χ0n) is 10.9.